The van der Waals surface area contributed by atoms with Gasteiger partial charge in [-0.3, -0.25) is 14.5 Å². The number of fused-ring (bicyclic) bond motifs is 1. The van der Waals surface area contributed by atoms with E-state index in [1.54, 1.807) is 42.5 Å². The maximum absolute atomic E-state index is 12.2. The fraction of sp³-hybridized carbons (Fsp3) is 0.188. The standard InChI is InChI=1S/C16H14N2O3S/c19-15-12-6-1-2-7-13(12)16(20)17(15)9-5-11-22-14-8-3-4-10-18(14)21/h1-4,6-8,10H,5,9,11H2. The Kier molecular flexibility index (Phi) is 4.11. The highest BCUT2D eigenvalue weighted by Gasteiger charge is 2.34. The first kappa shape index (κ1) is 14.6. The van der Waals surface area contributed by atoms with Crippen molar-refractivity contribution in [3.8, 4) is 0 Å². The van der Waals surface area contributed by atoms with Gasteiger partial charge in [0.25, 0.3) is 16.8 Å². The van der Waals surface area contributed by atoms with Crippen molar-refractivity contribution in [2.45, 2.75) is 11.4 Å². The van der Waals surface area contributed by atoms with Crippen molar-refractivity contribution in [3.05, 3.63) is 65.0 Å². The first-order valence-electron chi connectivity index (χ1n) is 6.94. The molecule has 0 unspecified atom stereocenters. The lowest BCUT2D eigenvalue weighted by molar-refractivity contribution is -0.645. The van der Waals surface area contributed by atoms with Crippen LogP contribution in [-0.4, -0.2) is 29.0 Å². The van der Waals surface area contributed by atoms with Gasteiger partial charge in [-0.25, -0.2) is 0 Å². The van der Waals surface area contributed by atoms with Crippen molar-refractivity contribution in [1.82, 2.24) is 4.90 Å². The summed E-state index contributed by atoms with van der Waals surface area (Å²) in [7, 11) is 0. The summed E-state index contributed by atoms with van der Waals surface area (Å²) in [4.78, 5) is 25.6. The van der Waals surface area contributed by atoms with E-state index in [0.717, 1.165) is 4.73 Å². The maximum atomic E-state index is 12.2. The molecule has 2 heterocycles. The van der Waals surface area contributed by atoms with Crippen molar-refractivity contribution in [2.24, 2.45) is 0 Å². The minimum absolute atomic E-state index is 0.232. The van der Waals surface area contributed by atoms with Gasteiger partial charge in [0.2, 0.25) is 0 Å². The molecule has 0 N–H and O–H groups in total. The van der Waals surface area contributed by atoms with Gasteiger partial charge in [-0.15, -0.1) is 0 Å². The molecule has 0 atom stereocenters. The zero-order chi connectivity index (χ0) is 15.5. The number of benzene rings is 1. The van der Waals surface area contributed by atoms with Gasteiger partial charge in [-0.1, -0.05) is 23.9 Å². The van der Waals surface area contributed by atoms with E-state index in [-0.39, 0.29) is 11.8 Å². The second kappa shape index (κ2) is 6.19. The van der Waals surface area contributed by atoms with Crippen LogP contribution >= 0.6 is 11.8 Å². The van der Waals surface area contributed by atoms with E-state index in [0.29, 0.717) is 34.9 Å². The van der Waals surface area contributed by atoms with E-state index in [9.17, 15) is 14.8 Å². The molecule has 1 aromatic carbocycles. The first-order chi connectivity index (χ1) is 10.7. The van der Waals surface area contributed by atoms with Crippen LogP contribution in [-0.2, 0) is 0 Å². The number of nitrogens with zero attached hydrogens (tertiary/aromatic N) is 2. The molecular weight excluding hydrogens is 300 g/mol. The summed E-state index contributed by atoms with van der Waals surface area (Å²) in [6.45, 7) is 0.366. The number of aromatic nitrogens is 1. The summed E-state index contributed by atoms with van der Waals surface area (Å²) in [6.07, 6.45) is 2.09. The van der Waals surface area contributed by atoms with Gasteiger partial charge in [0.15, 0.2) is 6.20 Å². The molecule has 0 saturated carbocycles. The Morgan fingerprint density at radius 3 is 2.27 bits per heavy atom. The number of hydrogen-bond donors (Lipinski definition) is 0. The number of carbonyl (C=O) groups is 2. The Morgan fingerprint density at radius 2 is 1.64 bits per heavy atom. The van der Waals surface area contributed by atoms with Crippen LogP contribution in [0.2, 0.25) is 0 Å². The maximum Gasteiger partial charge on any atom is 0.261 e. The normalized spacial score (nSPS) is 13.5. The van der Waals surface area contributed by atoms with Crippen LogP contribution in [0.5, 0.6) is 0 Å². The molecule has 3 rings (SSSR count). The molecule has 6 heteroatoms. The number of carbonyl (C=O) groups excluding carboxylic acids is 2. The van der Waals surface area contributed by atoms with Crippen LogP contribution in [0.3, 0.4) is 0 Å². The molecule has 1 aliphatic rings. The van der Waals surface area contributed by atoms with Gasteiger partial charge < -0.3 is 5.21 Å². The molecule has 1 aromatic heterocycles. The van der Waals surface area contributed by atoms with Crippen molar-refractivity contribution < 1.29 is 14.3 Å². The molecule has 0 bridgehead atoms. The van der Waals surface area contributed by atoms with Crippen molar-refractivity contribution in [1.29, 1.82) is 0 Å². The molecule has 0 aliphatic carbocycles. The smallest absolute Gasteiger partial charge is 0.261 e. The fourth-order valence-electron chi connectivity index (χ4n) is 2.37. The largest absolute Gasteiger partial charge is 0.618 e. The van der Waals surface area contributed by atoms with Crippen LogP contribution in [0, 0.1) is 5.21 Å². The number of pyridine rings is 1. The summed E-state index contributed by atoms with van der Waals surface area (Å²) >= 11 is 1.42. The lowest BCUT2D eigenvalue weighted by Gasteiger charge is -2.13. The van der Waals surface area contributed by atoms with Crippen LogP contribution in [0.25, 0.3) is 0 Å². The summed E-state index contributed by atoms with van der Waals surface area (Å²) in [5.74, 6) is 0.202. The van der Waals surface area contributed by atoms with Gasteiger partial charge in [-0.2, -0.15) is 4.73 Å². The van der Waals surface area contributed by atoms with Crippen LogP contribution in [0.15, 0.2) is 53.7 Å². The van der Waals surface area contributed by atoms with Crippen LogP contribution < -0.4 is 4.73 Å². The summed E-state index contributed by atoms with van der Waals surface area (Å²) in [5.41, 5.74) is 0.946. The molecule has 0 spiro atoms. The highest BCUT2D eigenvalue weighted by atomic mass is 32.2. The van der Waals surface area contributed by atoms with E-state index in [4.69, 9.17) is 0 Å². The molecule has 0 fully saturated rings. The summed E-state index contributed by atoms with van der Waals surface area (Å²) in [6, 6.07) is 12.1. The molecule has 2 amide bonds. The zero-order valence-electron chi connectivity index (χ0n) is 11.8. The number of amides is 2. The number of rotatable bonds is 5. The lowest BCUT2D eigenvalue weighted by Crippen LogP contribution is -2.31. The third-order valence-corrected chi connectivity index (χ3v) is 4.55. The summed E-state index contributed by atoms with van der Waals surface area (Å²) < 4.78 is 0.812. The van der Waals surface area contributed by atoms with E-state index in [1.165, 1.54) is 22.9 Å². The lowest BCUT2D eigenvalue weighted by atomic mass is 10.1. The molecule has 5 nitrogen and oxygen atoms in total. The SMILES string of the molecule is O=C1c2ccccc2C(=O)N1CCCSc1cccc[n+]1[O-]. The molecule has 0 radical (unpaired) electrons. The van der Waals surface area contributed by atoms with Gasteiger partial charge >= 0.3 is 0 Å². The number of hydrogen-bond acceptors (Lipinski definition) is 4. The molecule has 22 heavy (non-hydrogen) atoms. The first-order valence-corrected chi connectivity index (χ1v) is 7.93. The number of imide groups is 1. The van der Waals surface area contributed by atoms with Gasteiger partial charge in [0.05, 0.1) is 11.1 Å². The minimum Gasteiger partial charge on any atom is -0.618 e. The highest BCUT2D eigenvalue weighted by molar-refractivity contribution is 7.99. The van der Waals surface area contributed by atoms with Crippen molar-refractivity contribution >= 4 is 23.6 Å². The third kappa shape index (κ3) is 2.69. The zero-order valence-corrected chi connectivity index (χ0v) is 12.6. The minimum atomic E-state index is -0.232. The van der Waals surface area contributed by atoms with E-state index < -0.39 is 0 Å². The Bertz CT molecular complexity index is 698. The van der Waals surface area contributed by atoms with E-state index >= 15 is 0 Å². The Balaban J connectivity index is 1.56. The predicted octanol–water partition coefficient (Wildman–Crippen LogP) is 2.10. The van der Waals surface area contributed by atoms with Gasteiger partial charge in [-0.05, 0) is 24.6 Å². The average Bonchev–Trinajstić information content (AvgIpc) is 2.78. The van der Waals surface area contributed by atoms with E-state index in [2.05, 4.69) is 0 Å². The topological polar surface area (TPSA) is 64.3 Å². The monoisotopic (exact) mass is 314 g/mol. The summed E-state index contributed by atoms with van der Waals surface area (Å²) in [5, 5.41) is 12.1. The quantitative estimate of drug-likeness (QED) is 0.279. The molecular formula is C16H14N2O3S. The molecule has 2 aromatic rings. The van der Waals surface area contributed by atoms with Gasteiger partial charge in [0.1, 0.15) is 0 Å². The third-order valence-electron chi connectivity index (χ3n) is 3.44. The van der Waals surface area contributed by atoms with Crippen molar-refractivity contribution in [3.63, 3.8) is 0 Å². The second-order valence-corrected chi connectivity index (χ2v) is 5.99. The van der Waals surface area contributed by atoms with Crippen molar-refractivity contribution in [2.75, 3.05) is 12.3 Å². The predicted molar refractivity (Wildman–Crippen MR) is 82.6 cm³/mol. The Hall–Kier alpha value is -2.34. The Labute approximate surface area is 132 Å². The van der Waals surface area contributed by atoms with Crippen LogP contribution in [0.4, 0.5) is 0 Å². The average molecular weight is 314 g/mol. The fourth-order valence-corrected chi connectivity index (χ4v) is 3.21. The Morgan fingerprint density at radius 1 is 1.00 bits per heavy atom. The second-order valence-electron chi connectivity index (χ2n) is 4.87. The van der Waals surface area contributed by atoms with Gasteiger partial charge in [0, 0.05) is 24.4 Å². The number of thioether (sulfide) groups is 1. The van der Waals surface area contributed by atoms with Crippen LogP contribution in [0.1, 0.15) is 27.1 Å². The van der Waals surface area contributed by atoms with E-state index in [1.807, 2.05) is 0 Å². The molecule has 0 saturated heterocycles. The molecule has 112 valence electrons. The molecule has 1 aliphatic heterocycles. The highest BCUT2D eigenvalue weighted by Crippen LogP contribution is 2.23.